The number of pyridine rings is 1. The summed E-state index contributed by atoms with van der Waals surface area (Å²) in [5, 5.41) is 4.71. The topological polar surface area (TPSA) is 92.3 Å². The number of aromatic nitrogens is 5. The number of carbonyl (C=O) groups is 1. The first-order chi connectivity index (χ1) is 13.9. The monoisotopic (exact) mass is 390 g/mol. The molecule has 0 saturated carbocycles. The lowest BCUT2D eigenvalue weighted by molar-refractivity contribution is 0.0650. The van der Waals surface area contributed by atoms with Crippen LogP contribution in [0.4, 0.5) is 0 Å². The standard InChI is InChI=1S/C21H22N6O2/c1-21(2,3)20-22-11-16(29-20)19(28)26-9-7-14-17(24-12-23-14)18(26)15-10-13-6-4-5-8-27(13)25-15/h4-6,8,10-12,18H,7,9H2,1-3H3,(H,23,24). The van der Waals surface area contributed by atoms with Crippen LogP contribution in [0.2, 0.25) is 0 Å². The zero-order chi connectivity index (χ0) is 20.2. The van der Waals surface area contributed by atoms with E-state index in [1.165, 1.54) is 6.20 Å². The van der Waals surface area contributed by atoms with Crippen LogP contribution in [0.3, 0.4) is 0 Å². The molecule has 5 heterocycles. The summed E-state index contributed by atoms with van der Waals surface area (Å²) < 4.78 is 7.63. The van der Waals surface area contributed by atoms with E-state index in [2.05, 4.69) is 15.0 Å². The number of nitrogens with one attached hydrogen (secondary N) is 1. The van der Waals surface area contributed by atoms with Crippen molar-refractivity contribution >= 4 is 11.4 Å². The second-order valence-electron chi connectivity index (χ2n) is 8.34. The lowest BCUT2D eigenvalue weighted by Crippen LogP contribution is -2.40. The predicted molar refractivity (Wildman–Crippen MR) is 106 cm³/mol. The number of oxazole rings is 1. The number of hydrogen-bond donors (Lipinski definition) is 1. The number of nitrogens with zero attached hydrogens (tertiary/aromatic N) is 5. The number of aromatic amines is 1. The fourth-order valence-electron chi connectivity index (χ4n) is 3.75. The molecule has 8 nitrogen and oxygen atoms in total. The van der Waals surface area contributed by atoms with Gasteiger partial charge in [-0.1, -0.05) is 26.8 Å². The van der Waals surface area contributed by atoms with E-state index in [0.29, 0.717) is 18.9 Å². The molecule has 29 heavy (non-hydrogen) atoms. The summed E-state index contributed by atoms with van der Waals surface area (Å²) >= 11 is 0. The molecule has 1 atom stereocenters. The third-order valence-corrected chi connectivity index (χ3v) is 5.21. The Hall–Kier alpha value is -3.42. The summed E-state index contributed by atoms with van der Waals surface area (Å²) in [6.45, 7) is 6.55. The average Bonchev–Trinajstić information content (AvgIpc) is 3.44. The van der Waals surface area contributed by atoms with E-state index < -0.39 is 0 Å². The van der Waals surface area contributed by atoms with E-state index in [4.69, 9.17) is 9.52 Å². The minimum atomic E-state index is -0.388. The smallest absolute Gasteiger partial charge is 0.292 e. The molecule has 1 N–H and O–H groups in total. The summed E-state index contributed by atoms with van der Waals surface area (Å²) in [6.07, 6.45) is 5.79. The fraction of sp³-hybridized carbons (Fsp3) is 0.333. The van der Waals surface area contributed by atoms with Crippen molar-refractivity contribution in [3.8, 4) is 0 Å². The molecule has 0 spiro atoms. The highest BCUT2D eigenvalue weighted by Gasteiger charge is 2.37. The van der Waals surface area contributed by atoms with Gasteiger partial charge in [0.15, 0.2) is 0 Å². The first-order valence-corrected chi connectivity index (χ1v) is 9.65. The van der Waals surface area contributed by atoms with Crippen molar-refractivity contribution < 1.29 is 9.21 Å². The van der Waals surface area contributed by atoms with Gasteiger partial charge in [0.05, 0.1) is 29.4 Å². The summed E-state index contributed by atoms with van der Waals surface area (Å²) in [5.41, 5.74) is 3.32. The van der Waals surface area contributed by atoms with Gasteiger partial charge in [0, 0.05) is 30.3 Å². The first-order valence-electron chi connectivity index (χ1n) is 9.65. The normalized spacial score (nSPS) is 16.9. The molecule has 0 fully saturated rings. The summed E-state index contributed by atoms with van der Waals surface area (Å²) in [4.78, 5) is 27.2. The fourth-order valence-corrected chi connectivity index (χ4v) is 3.75. The van der Waals surface area contributed by atoms with Crippen molar-refractivity contribution in [2.45, 2.75) is 38.6 Å². The van der Waals surface area contributed by atoms with Gasteiger partial charge in [0.25, 0.3) is 5.91 Å². The van der Waals surface area contributed by atoms with Crippen molar-refractivity contribution in [1.82, 2.24) is 29.5 Å². The minimum Gasteiger partial charge on any atom is -0.435 e. The number of hydrogen-bond acceptors (Lipinski definition) is 5. The van der Waals surface area contributed by atoms with Crippen LogP contribution in [0.5, 0.6) is 0 Å². The highest BCUT2D eigenvalue weighted by molar-refractivity contribution is 5.92. The van der Waals surface area contributed by atoms with E-state index in [0.717, 1.165) is 22.6 Å². The third-order valence-electron chi connectivity index (χ3n) is 5.21. The van der Waals surface area contributed by atoms with Gasteiger partial charge in [-0.25, -0.2) is 14.5 Å². The Morgan fingerprint density at radius 2 is 2.14 bits per heavy atom. The van der Waals surface area contributed by atoms with Gasteiger partial charge in [0.2, 0.25) is 11.7 Å². The summed E-state index contributed by atoms with van der Waals surface area (Å²) in [5.74, 6) is 0.578. The highest BCUT2D eigenvalue weighted by atomic mass is 16.4. The number of amides is 1. The minimum absolute atomic E-state index is 0.205. The predicted octanol–water partition coefficient (Wildman–Crippen LogP) is 3.13. The van der Waals surface area contributed by atoms with E-state index in [-0.39, 0.29) is 23.1 Å². The van der Waals surface area contributed by atoms with Gasteiger partial charge in [0.1, 0.15) is 6.04 Å². The van der Waals surface area contributed by atoms with Crippen LogP contribution >= 0.6 is 0 Å². The molecule has 0 aromatic carbocycles. The van der Waals surface area contributed by atoms with Crippen molar-refractivity contribution in [1.29, 1.82) is 0 Å². The SMILES string of the molecule is CC(C)(C)c1ncc(C(=O)N2CCc3[nH]cnc3C2c2cc3ccccn3n2)o1. The molecule has 1 unspecified atom stereocenters. The van der Waals surface area contributed by atoms with Crippen LogP contribution in [0.15, 0.2) is 47.4 Å². The quantitative estimate of drug-likeness (QED) is 0.568. The first kappa shape index (κ1) is 17.7. The van der Waals surface area contributed by atoms with E-state index in [1.807, 2.05) is 55.7 Å². The van der Waals surface area contributed by atoms with Crippen molar-refractivity contribution in [2.75, 3.05) is 6.54 Å². The lowest BCUT2D eigenvalue weighted by Gasteiger charge is -2.33. The molecule has 4 aromatic heterocycles. The van der Waals surface area contributed by atoms with E-state index in [9.17, 15) is 4.79 Å². The zero-order valence-corrected chi connectivity index (χ0v) is 16.6. The Bertz CT molecular complexity index is 1160. The largest absolute Gasteiger partial charge is 0.435 e. The van der Waals surface area contributed by atoms with Gasteiger partial charge in [-0.3, -0.25) is 4.79 Å². The van der Waals surface area contributed by atoms with Gasteiger partial charge in [-0.15, -0.1) is 0 Å². The molecule has 148 valence electrons. The van der Waals surface area contributed by atoms with Gasteiger partial charge >= 0.3 is 0 Å². The summed E-state index contributed by atoms with van der Waals surface area (Å²) in [6, 6.07) is 7.49. The second-order valence-corrected chi connectivity index (χ2v) is 8.34. The molecule has 4 aromatic rings. The number of H-pyrrole nitrogens is 1. The number of carbonyl (C=O) groups excluding carboxylic acids is 1. The molecule has 0 aliphatic carbocycles. The van der Waals surface area contributed by atoms with Crippen molar-refractivity contribution in [3.05, 3.63) is 71.7 Å². The molecule has 5 rings (SSSR count). The number of imidazole rings is 1. The van der Waals surface area contributed by atoms with E-state index in [1.54, 1.807) is 11.2 Å². The Morgan fingerprint density at radius 1 is 1.28 bits per heavy atom. The molecular formula is C21H22N6O2. The van der Waals surface area contributed by atoms with Gasteiger partial charge < -0.3 is 14.3 Å². The molecular weight excluding hydrogens is 368 g/mol. The Kier molecular flexibility index (Phi) is 3.84. The van der Waals surface area contributed by atoms with Crippen molar-refractivity contribution in [3.63, 3.8) is 0 Å². The molecule has 1 amide bonds. The highest BCUT2D eigenvalue weighted by Crippen LogP contribution is 2.34. The molecule has 0 saturated heterocycles. The molecule has 1 aliphatic heterocycles. The van der Waals surface area contributed by atoms with Crippen LogP contribution in [0.25, 0.3) is 5.52 Å². The second kappa shape index (κ2) is 6.30. The Balaban J connectivity index is 1.57. The Morgan fingerprint density at radius 3 is 2.90 bits per heavy atom. The van der Waals surface area contributed by atoms with Crippen molar-refractivity contribution in [2.24, 2.45) is 0 Å². The average molecular weight is 390 g/mol. The van der Waals surface area contributed by atoms with Crippen LogP contribution in [0, 0.1) is 0 Å². The maximum atomic E-state index is 13.4. The lowest BCUT2D eigenvalue weighted by atomic mass is 9.97. The van der Waals surface area contributed by atoms with Crippen LogP contribution < -0.4 is 0 Å². The molecule has 8 heteroatoms. The third kappa shape index (κ3) is 2.91. The molecule has 0 bridgehead atoms. The maximum absolute atomic E-state index is 13.4. The maximum Gasteiger partial charge on any atom is 0.292 e. The zero-order valence-electron chi connectivity index (χ0n) is 16.6. The van der Waals surface area contributed by atoms with Crippen LogP contribution in [-0.4, -0.2) is 41.9 Å². The summed E-state index contributed by atoms with van der Waals surface area (Å²) in [7, 11) is 0. The van der Waals surface area contributed by atoms with Gasteiger partial charge in [-0.2, -0.15) is 5.10 Å². The molecule has 0 radical (unpaired) electrons. The van der Waals surface area contributed by atoms with Crippen LogP contribution in [0.1, 0.15) is 60.3 Å². The van der Waals surface area contributed by atoms with Gasteiger partial charge in [-0.05, 0) is 18.2 Å². The van der Waals surface area contributed by atoms with Crippen LogP contribution in [-0.2, 0) is 11.8 Å². The molecule has 1 aliphatic rings. The van der Waals surface area contributed by atoms with E-state index >= 15 is 0 Å². The number of rotatable bonds is 2. The number of fused-ring (bicyclic) bond motifs is 2. The Labute approximate surface area is 167 Å².